The van der Waals surface area contributed by atoms with Crippen LogP contribution in [0, 0.1) is 11.8 Å². The van der Waals surface area contributed by atoms with Crippen molar-refractivity contribution in [3.63, 3.8) is 0 Å². The van der Waals surface area contributed by atoms with Gasteiger partial charge in [0.15, 0.2) is 0 Å². The monoisotopic (exact) mass is 465 g/mol. The Morgan fingerprint density at radius 1 is 1.09 bits per heavy atom. The third-order valence-electron chi connectivity index (χ3n) is 7.48. The van der Waals surface area contributed by atoms with E-state index in [1.807, 2.05) is 30.0 Å². The van der Waals surface area contributed by atoms with Crippen LogP contribution in [0.1, 0.15) is 86.3 Å². The van der Waals surface area contributed by atoms with Crippen LogP contribution in [0.2, 0.25) is 0 Å². The Bertz CT molecular complexity index is 996. The zero-order valence-electron chi connectivity index (χ0n) is 20.2. The number of aromatic nitrogens is 1. The number of nitrogens with zero attached hydrogens (tertiary/aromatic N) is 2. The van der Waals surface area contributed by atoms with Crippen molar-refractivity contribution in [3.05, 3.63) is 53.7 Å². The highest BCUT2D eigenvalue weighted by Crippen LogP contribution is 2.38. The fourth-order valence-electron chi connectivity index (χ4n) is 5.33. The number of benzene rings is 1. The van der Waals surface area contributed by atoms with Crippen molar-refractivity contribution in [3.8, 4) is 0 Å². The molecule has 2 aromatic rings. The van der Waals surface area contributed by atoms with E-state index in [4.69, 9.17) is 4.42 Å². The van der Waals surface area contributed by atoms with Gasteiger partial charge in [0.1, 0.15) is 23.8 Å². The molecule has 7 nitrogen and oxygen atoms in total. The predicted octanol–water partition coefficient (Wildman–Crippen LogP) is 4.33. The molecular weight excluding hydrogens is 430 g/mol. The van der Waals surface area contributed by atoms with Crippen molar-refractivity contribution >= 4 is 17.5 Å². The van der Waals surface area contributed by atoms with E-state index in [1.165, 1.54) is 12.7 Å². The second-order valence-electron chi connectivity index (χ2n) is 9.64. The first kappa shape index (κ1) is 24.3. The molecule has 0 unspecified atom stereocenters. The van der Waals surface area contributed by atoms with Gasteiger partial charge in [-0.1, -0.05) is 49.6 Å². The zero-order valence-corrected chi connectivity index (χ0v) is 20.2. The quantitative estimate of drug-likeness (QED) is 0.554. The summed E-state index contributed by atoms with van der Waals surface area (Å²) in [7, 11) is 1.77. The molecule has 1 amide bonds. The standard InChI is InChI=1S/C27H35N3O4/c1-18(28-2)24(31)16-21(19-10-5-3-6-11-19)27(33)30-15-9-14-23(30)26-29-22(17-34-26)25(32)20-12-7-4-8-13-20/h4,7-8,12-13,17-19,21,23,28H,3,5-6,9-11,14-16H2,1-2H3/t18-,21-,23-/m0/s1. The van der Waals surface area contributed by atoms with Gasteiger partial charge in [-0.05, 0) is 45.6 Å². The number of likely N-dealkylation sites (N-methyl/N-ethyl adjacent to an activating group) is 1. The van der Waals surface area contributed by atoms with Crippen LogP contribution < -0.4 is 5.32 Å². The number of ketones is 2. The van der Waals surface area contributed by atoms with Crippen molar-refractivity contribution in [2.75, 3.05) is 13.6 Å². The molecule has 2 heterocycles. The maximum atomic E-state index is 13.9. The minimum atomic E-state index is -0.315. The van der Waals surface area contributed by atoms with Crippen LogP contribution in [0.4, 0.5) is 0 Å². The number of oxazole rings is 1. The summed E-state index contributed by atoms with van der Waals surface area (Å²) in [5.41, 5.74) is 0.804. The zero-order chi connectivity index (χ0) is 24.1. The molecule has 4 rings (SSSR count). The Morgan fingerprint density at radius 3 is 2.53 bits per heavy atom. The van der Waals surface area contributed by atoms with E-state index in [9.17, 15) is 14.4 Å². The van der Waals surface area contributed by atoms with E-state index in [0.29, 0.717) is 18.0 Å². The first-order valence-corrected chi connectivity index (χ1v) is 12.5. The van der Waals surface area contributed by atoms with Gasteiger partial charge in [0.2, 0.25) is 17.6 Å². The van der Waals surface area contributed by atoms with Crippen molar-refractivity contribution < 1.29 is 18.8 Å². The minimum absolute atomic E-state index is 0.0280. The van der Waals surface area contributed by atoms with E-state index < -0.39 is 0 Å². The van der Waals surface area contributed by atoms with Crippen LogP contribution >= 0.6 is 0 Å². The number of Topliss-reactive ketones (excluding diaryl/α,β-unsaturated/α-hetero) is 1. The summed E-state index contributed by atoms with van der Waals surface area (Å²) in [6.45, 7) is 2.47. The summed E-state index contributed by atoms with van der Waals surface area (Å²) < 4.78 is 5.73. The van der Waals surface area contributed by atoms with Gasteiger partial charge in [-0.25, -0.2) is 4.98 Å². The normalized spacial score (nSPS) is 20.8. The molecule has 2 fully saturated rings. The number of hydrogen-bond donors (Lipinski definition) is 1. The van der Waals surface area contributed by atoms with Gasteiger partial charge < -0.3 is 14.6 Å². The molecule has 0 radical (unpaired) electrons. The molecule has 182 valence electrons. The lowest BCUT2D eigenvalue weighted by Crippen LogP contribution is -2.42. The van der Waals surface area contributed by atoms with Crippen LogP contribution in [0.3, 0.4) is 0 Å². The Labute approximate surface area is 201 Å². The molecule has 1 N–H and O–H groups in total. The van der Waals surface area contributed by atoms with E-state index in [2.05, 4.69) is 10.3 Å². The largest absolute Gasteiger partial charge is 0.446 e. The van der Waals surface area contributed by atoms with Crippen LogP contribution in [-0.2, 0) is 9.59 Å². The number of carbonyl (C=O) groups is 3. The predicted molar refractivity (Wildman–Crippen MR) is 128 cm³/mol. The average Bonchev–Trinajstić information content (AvgIpc) is 3.57. The van der Waals surface area contributed by atoms with Crippen molar-refractivity contribution in [1.29, 1.82) is 0 Å². The third kappa shape index (κ3) is 5.30. The molecule has 1 aliphatic carbocycles. The second kappa shape index (κ2) is 11.1. The first-order chi connectivity index (χ1) is 16.5. The topological polar surface area (TPSA) is 92.5 Å². The Hall–Kier alpha value is -2.80. The van der Waals surface area contributed by atoms with Gasteiger partial charge in [0, 0.05) is 24.4 Å². The number of rotatable bonds is 9. The third-order valence-corrected chi connectivity index (χ3v) is 7.48. The number of nitrogens with one attached hydrogen (secondary N) is 1. The molecule has 1 saturated heterocycles. The van der Waals surface area contributed by atoms with E-state index in [0.717, 1.165) is 38.5 Å². The van der Waals surface area contributed by atoms with Crippen LogP contribution in [0.25, 0.3) is 0 Å². The Kier molecular flexibility index (Phi) is 7.93. The summed E-state index contributed by atoms with van der Waals surface area (Å²) in [4.78, 5) is 45.8. The molecule has 1 aliphatic heterocycles. The summed E-state index contributed by atoms with van der Waals surface area (Å²) in [5, 5.41) is 3.01. The minimum Gasteiger partial charge on any atom is -0.446 e. The van der Waals surface area contributed by atoms with Gasteiger partial charge in [0.05, 0.1) is 6.04 Å². The van der Waals surface area contributed by atoms with Crippen molar-refractivity contribution in [2.45, 2.75) is 70.4 Å². The fraction of sp³-hybridized carbons (Fsp3) is 0.556. The lowest BCUT2D eigenvalue weighted by molar-refractivity contribution is -0.142. The lowest BCUT2D eigenvalue weighted by Gasteiger charge is -2.34. The highest BCUT2D eigenvalue weighted by atomic mass is 16.3. The van der Waals surface area contributed by atoms with Gasteiger partial charge in [-0.3, -0.25) is 14.4 Å². The molecule has 1 aromatic carbocycles. The molecule has 7 heteroatoms. The molecular formula is C27H35N3O4. The van der Waals surface area contributed by atoms with E-state index in [1.54, 1.807) is 19.2 Å². The number of amides is 1. The number of hydrogen-bond acceptors (Lipinski definition) is 6. The maximum Gasteiger partial charge on any atom is 0.227 e. The van der Waals surface area contributed by atoms with Gasteiger partial charge >= 0.3 is 0 Å². The fourth-order valence-corrected chi connectivity index (χ4v) is 5.33. The van der Waals surface area contributed by atoms with Crippen molar-refractivity contribution in [1.82, 2.24) is 15.2 Å². The molecule has 34 heavy (non-hydrogen) atoms. The Balaban J connectivity index is 1.53. The second-order valence-corrected chi connectivity index (χ2v) is 9.64. The van der Waals surface area contributed by atoms with Crippen LogP contribution in [-0.4, -0.2) is 47.0 Å². The molecule has 1 aromatic heterocycles. The van der Waals surface area contributed by atoms with Crippen molar-refractivity contribution in [2.24, 2.45) is 11.8 Å². The SMILES string of the molecule is CN[C@@H](C)C(=O)C[C@H](C(=O)N1CCC[C@H]1c1nc(C(=O)c2ccccc2)co1)C1CCCCC1. The van der Waals surface area contributed by atoms with Gasteiger partial charge in [0.25, 0.3) is 0 Å². The van der Waals surface area contributed by atoms with Gasteiger partial charge in [-0.2, -0.15) is 0 Å². The number of carbonyl (C=O) groups excluding carboxylic acids is 3. The Morgan fingerprint density at radius 2 is 1.82 bits per heavy atom. The average molecular weight is 466 g/mol. The van der Waals surface area contributed by atoms with Gasteiger partial charge in [-0.15, -0.1) is 0 Å². The van der Waals surface area contributed by atoms with E-state index >= 15 is 0 Å². The maximum absolute atomic E-state index is 13.9. The van der Waals surface area contributed by atoms with Crippen LogP contribution in [0.5, 0.6) is 0 Å². The highest BCUT2D eigenvalue weighted by Gasteiger charge is 2.40. The smallest absolute Gasteiger partial charge is 0.227 e. The van der Waals surface area contributed by atoms with Crippen LogP contribution in [0.15, 0.2) is 41.0 Å². The summed E-state index contributed by atoms with van der Waals surface area (Å²) in [6.07, 6.45) is 8.63. The summed E-state index contributed by atoms with van der Waals surface area (Å²) in [6, 6.07) is 8.41. The summed E-state index contributed by atoms with van der Waals surface area (Å²) in [5.74, 6) is 0.231. The molecule has 3 atom stereocenters. The molecule has 0 spiro atoms. The molecule has 1 saturated carbocycles. The summed E-state index contributed by atoms with van der Waals surface area (Å²) >= 11 is 0. The number of likely N-dealkylation sites (tertiary alicyclic amines) is 1. The molecule has 0 bridgehead atoms. The first-order valence-electron chi connectivity index (χ1n) is 12.5. The van der Waals surface area contributed by atoms with E-state index in [-0.39, 0.29) is 53.5 Å². The molecule has 2 aliphatic rings. The lowest BCUT2D eigenvalue weighted by atomic mass is 9.76. The highest BCUT2D eigenvalue weighted by molar-refractivity contribution is 6.07.